The van der Waals surface area contributed by atoms with Gasteiger partial charge in [-0.3, -0.25) is 4.79 Å². The molecule has 0 aliphatic heterocycles. The third-order valence-corrected chi connectivity index (χ3v) is 2.57. The van der Waals surface area contributed by atoms with Gasteiger partial charge >= 0.3 is 0 Å². The summed E-state index contributed by atoms with van der Waals surface area (Å²) in [5.74, 6) is 0. The number of nitrogens with one attached hydrogen (secondary N) is 1. The largest absolute Gasteiger partial charge is 0.360 e. The van der Waals surface area contributed by atoms with E-state index in [2.05, 4.69) is 11.9 Å². The number of aromatic amines is 1. The number of H-pyrrole nitrogens is 1. The molecule has 0 radical (unpaired) electrons. The fraction of sp³-hybridized carbons (Fsp3) is 0.250. The standard InChI is InChI=1S/C12H13NO/c1-3-9-5-4-6-10-11(9)13-7-8(2)12(10)14/h4-7H,3H2,1-2H3,(H,13,14). The highest BCUT2D eigenvalue weighted by atomic mass is 16.1. The molecule has 0 aliphatic rings. The summed E-state index contributed by atoms with van der Waals surface area (Å²) in [5, 5.41) is 0.796. The number of rotatable bonds is 1. The van der Waals surface area contributed by atoms with Crippen molar-refractivity contribution in [3.8, 4) is 0 Å². The van der Waals surface area contributed by atoms with E-state index in [4.69, 9.17) is 0 Å². The molecule has 0 aliphatic carbocycles. The number of fused-ring (bicyclic) bond motifs is 1. The molecule has 1 heterocycles. The van der Waals surface area contributed by atoms with Crippen molar-refractivity contribution in [3.05, 3.63) is 45.7 Å². The van der Waals surface area contributed by atoms with Crippen LogP contribution in [-0.2, 0) is 6.42 Å². The van der Waals surface area contributed by atoms with E-state index in [-0.39, 0.29) is 5.43 Å². The molecule has 0 amide bonds. The average Bonchev–Trinajstić information content (AvgIpc) is 2.23. The average molecular weight is 187 g/mol. The van der Waals surface area contributed by atoms with Gasteiger partial charge in [-0.2, -0.15) is 0 Å². The van der Waals surface area contributed by atoms with Crippen molar-refractivity contribution in [2.24, 2.45) is 0 Å². The van der Waals surface area contributed by atoms with Crippen LogP contribution in [-0.4, -0.2) is 4.98 Å². The minimum absolute atomic E-state index is 0.133. The molecule has 2 heteroatoms. The SMILES string of the molecule is CCc1cccc2c(=O)c(C)c[nH]c12. The van der Waals surface area contributed by atoms with Crippen LogP contribution in [0.15, 0.2) is 29.2 Å². The van der Waals surface area contributed by atoms with Gasteiger partial charge in [0.05, 0.1) is 5.52 Å². The highest BCUT2D eigenvalue weighted by Crippen LogP contribution is 2.13. The molecule has 72 valence electrons. The van der Waals surface area contributed by atoms with Crippen molar-refractivity contribution in [1.82, 2.24) is 4.98 Å². The highest BCUT2D eigenvalue weighted by molar-refractivity contribution is 5.81. The van der Waals surface area contributed by atoms with Crippen LogP contribution in [0, 0.1) is 6.92 Å². The van der Waals surface area contributed by atoms with E-state index in [1.807, 2.05) is 25.1 Å². The van der Waals surface area contributed by atoms with E-state index < -0.39 is 0 Å². The lowest BCUT2D eigenvalue weighted by Gasteiger charge is -2.03. The predicted octanol–water partition coefficient (Wildman–Crippen LogP) is 2.40. The Balaban J connectivity index is 2.93. The Labute approximate surface area is 82.6 Å². The van der Waals surface area contributed by atoms with Gasteiger partial charge in [0.15, 0.2) is 5.43 Å². The zero-order valence-electron chi connectivity index (χ0n) is 8.42. The number of aromatic nitrogens is 1. The van der Waals surface area contributed by atoms with Crippen molar-refractivity contribution >= 4 is 10.9 Å². The molecule has 0 saturated carbocycles. The first-order valence-electron chi connectivity index (χ1n) is 4.84. The normalized spacial score (nSPS) is 10.7. The van der Waals surface area contributed by atoms with Gasteiger partial charge < -0.3 is 4.98 Å². The van der Waals surface area contributed by atoms with Gasteiger partial charge in [0.2, 0.25) is 0 Å². The Bertz CT molecular complexity index is 525. The number of benzene rings is 1. The molecule has 2 aromatic rings. The first kappa shape index (κ1) is 9.00. The lowest BCUT2D eigenvalue weighted by Crippen LogP contribution is -2.07. The number of hydrogen-bond acceptors (Lipinski definition) is 1. The Morgan fingerprint density at radius 1 is 1.36 bits per heavy atom. The van der Waals surface area contributed by atoms with Crippen LogP contribution < -0.4 is 5.43 Å². The summed E-state index contributed by atoms with van der Waals surface area (Å²) in [6, 6.07) is 5.86. The molecule has 1 N–H and O–H groups in total. The van der Waals surface area contributed by atoms with Gasteiger partial charge in [-0.15, -0.1) is 0 Å². The van der Waals surface area contributed by atoms with Gasteiger partial charge in [0, 0.05) is 17.1 Å². The monoisotopic (exact) mass is 187 g/mol. The third-order valence-electron chi connectivity index (χ3n) is 2.57. The van der Waals surface area contributed by atoms with Crippen LogP contribution in [0.25, 0.3) is 10.9 Å². The lowest BCUT2D eigenvalue weighted by molar-refractivity contribution is 1.14. The molecule has 0 saturated heterocycles. The second kappa shape index (κ2) is 3.29. The molecule has 14 heavy (non-hydrogen) atoms. The van der Waals surface area contributed by atoms with E-state index >= 15 is 0 Å². The summed E-state index contributed by atoms with van der Waals surface area (Å²) in [6.07, 6.45) is 2.72. The quantitative estimate of drug-likeness (QED) is 0.730. The van der Waals surface area contributed by atoms with Crippen LogP contribution in [0.2, 0.25) is 0 Å². The smallest absolute Gasteiger partial charge is 0.192 e. The first-order valence-corrected chi connectivity index (χ1v) is 4.84. The molecule has 0 bridgehead atoms. The Hall–Kier alpha value is -1.57. The van der Waals surface area contributed by atoms with Gasteiger partial charge in [-0.25, -0.2) is 0 Å². The maximum absolute atomic E-state index is 11.8. The van der Waals surface area contributed by atoms with Crippen LogP contribution in [0.3, 0.4) is 0 Å². The van der Waals surface area contributed by atoms with Crippen LogP contribution in [0.5, 0.6) is 0 Å². The predicted molar refractivity (Wildman–Crippen MR) is 58.7 cm³/mol. The van der Waals surface area contributed by atoms with Gasteiger partial charge in [-0.1, -0.05) is 19.1 Å². The zero-order valence-corrected chi connectivity index (χ0v) is 8.42. The summed E-state index contributed by atoms with van der Waals surface area (Å²) in [7, 11) is 0. The fourth-order valence-electron chi connectivity index (χ4n) is 1.71. The molecular formula is C12H13NO. The maximum Gasteiger partial charge on any atom is 0.192 e. The van der Waals surface area contributed by atoms with Crippen molar-refractivity contribution in [2.45, 2.75) is 20.3 Å². The number of para-hydroxylation sites is 1. The summed E-state index contributed by atoms with van der Waals surface area (Å²) in [5.41, 5.74) is 3.07. The molecular weight excluding hydrogens is 174 g/mol. The summed E-state index contributed by atoms with van der Waals surface area (Å²) >= 11 is 0. The van der Waals surface area contributed by atoms with Crippen molar-refractivity contribution in [2.75, 3.05) is 0 Å². The summed E-state index contributed by atoms with van der Waals surface area (Å²) in [4.78, 5) is 15.0. The highest BCUT2D eigenvalue weighted by Gasteiger charge is 2.03. The van der Waals surface area contributed by atoms with Crippen LogP contribution in [0.4, 0.5) is 0 Å². The van der Waals surface area contributed by atoms with E-state index in [0.717, 1.165) is 22.9 Å². The van der Waals surface area contributed by atoms with Gasteiger partial charge in [0.1, 0.15) is 0 Å². The number of pyridine rings is 1. The van der Waals surface area contributed by atoms with Gasteiger partial charge in [-0.05, 0) is 25.0 Å². The Morgan fingerprint density at radius 3 is 2.86 bits per heavy atom. The second-order valence-electron chi connectivity index (χ2n) is 3.49. The summed E-state index contributed by atoms with van der Waals surface area (Å²) < 4.78 is 0. The summed E-state index contributed by atoms with van der Waals surface area (Å²) in [6.45, 7) is 3.92. The van der Waals surface area contributed by atoms with Gasteiger partial charge in [0.25, 0.3) is 0 Å². The van der Waals surface area contributed by atoms with Crippen LogP contribution >= 0.6 is 0 Å². The van der Waals surface area contributed by atoms with E-state index in [0.29, 0.717) is 0 Å². The third kappa shape index (κ3) is 1.23. The van der Waals surface area contributed by atoms with Crippen molar-refractivity contribution < 1.29 is 0 Å². The fourth-order valence-corrected chi connectivity index (χ4v) is 1.71. The molecule has 1 aromatic carbocycles. The molecule has 2 nitrogen and oxygen atoms in total. The minimum atomic E-state index is 0.133. The zero-order chi connectivity index (χ0) is 10.1. The molecule has 0 unspecified atom stereocenters. The minimum Gasteiger partial charge on any atom is -0.360 e. The van der Waals surface area contributed by atoms with E-state index in [1.54, 1.807) is 6.20 Å². The molecule has 2 rings (SSSR count). The first-order chi connectivity index (χ1) is 6.74. The molecule has 0 atom stereocenters. The number of aryl methyl sites for hydroxylation is 2. The lowest BCUT2D eigenvalue weighted by atomic mass is 10.1. The molecule has 1 aromatic heterocycles. The topological polar surface area (TPSA) is 32.9 Å². The Morgan fingerprint density at radius 2 is 2.14 bits per heavy atom. The molecule has 0 spiro atoms. The van der Waals surface area contributed by atoms with Crippen molar-refractivity contribution in [1.29, 1.82) is 0 Å². The van der Waals surface area contributed by atoms with Crippen molar-refractivity contribution in [3.63, 3.8) is 0 Å². The number of hydrogen-bond donors (Lipinski definition) is 1. The second-order valence-corrected chi connectivity index (χ2v) is 3.49. The van der Waals surface area contributed by atoms with E-state index in [9.17, 15) is 4.79 Å². The van der Waals surface area contributed by atoms with E-state index in [1.165, 1.54) is 5.56 Å². The Kier molecular flexibility index (Phi) is 2.12. The maximum atomic E-state index is 11.8. The molecule has 0 fully saturated rings. The van der Waals surface area contributed by atoms with Crippen LogP contribution in [0.1, 0.15) is 18.1 Å².